The Morgan fingerprint density at radius 3 is 2.11 bits per heavy atom. The molecule has 4 aromatic rings. The number of nitrogens with one attached hydrogen (secondary N) is 4. The van der Waals surface area contributed by atoms with Crippen LogP contribution in [0.1, 0.15) is 39.1 Å². The summed E-state index contributed by atoms with van der Waals surface area (Å²) in [6.45, 7) is 2.52. The SMILES string of the molecule is CN(C)CCCNN=C(N)c1c(C(=O)O)cc(C(=O)NNCCCN(C)C)c2c3ccc(c(=O)[nH]c3=O)c12. The number of nitrogens with zero attached hydrogens (tertiary/aromatic N) is 3. The van der Waals surface area contributed by atoms with Crippen LogP contribution in [0.3, 0.4) is 0 Å². The molecule has 0 aliphatic rings. The van der Waals surface area contributed by atoms with Gasteiger partial charge in [-0.2, -0.15) is 5.10 Å². The zero-order valence-electron chi connectivity index (χ0n) is 22.0. The van der Waals surface area contributed by atoms with Crippen LogP contribution < -0.4 is 33.1 Å². The number of aromatic nitrogens is 1. The number of benzene rings is 2. The maximum absolute atomic E-state index is 13.2. The molecule has 204 valence electrons. The number of aromatic amines is 1. The zero-order chi connectivity index (χ0) is 28.0. The van der Waals surface area contributed by atoms with Gasteiger partial charge in [0.15, 0.2) is 5.84 Å². The van der Waals surface area contributed by atoms with Crippen molar-refractivity contribution in [2.24, 2.45) is 10.8 Å². The largest absolute Gasteiger partial charge is 0.478 e. The molecular formula is C25H34N8O5. The molecular weight excluding hydrogens is 492 g/mol. The quantitative estimate of drug-likeness (QED) is 0.0736. The minimum Gasteiger partial charge on any atom is -0.478 e. The van der Waals surface area contributed by atoms with Gasteiger partial charge in [0.25, 0.3) is 17.0 Å². The summed E-state index contributed by atoms with van der Waals surface area (Å²) in [5.74, 6) is -2.22. The summed E-state index contributed by atoms with van der Waals surface area (Å²) in [5, 5.41) is 14.4. The number of rotatable bonds is 13. The average molecular weight is 527 g/mol. The number of hydrogen-bond acceptors (Lipinski definition) is 9. The average Bonchev–Trinajstić information content (AvgIpc) is 3.05. The highest BCUT2D eigenvalue weighted by molar-refractivity contribution is 6.27. The van der Waals surface area contributed by atoms with Gasteiger partial charge in [-0.25, -0.2) is 10.2 Å². The minimum absolute atomic E-state index is 0.00597. The maximum atomic E-state index is 13.2. The second kappa shape index (κ2) is 12.4. The van der Waals surface area contributed by atoms with Crippen molar-refractivity contribution in [2.75, 3.05) is 54.4 Å². The molecule has 2 heterocycles. The Bertz CT molecular complexity index is 1460. The highest BCUT2D eigenvalue weighted by Crippen LogP contribution is 2.32. The molecule has 4 rings (SSSR count). The number of fused-ring (bicyclic) bond motifs is 3. The van der Waals surface area contributed by atoms with E-state index in [0.717, 1.165) is 32.0 Å². The van der Waals surface area contributed by atoms with Gasteiger partial charge in [-0.15, -0.1) is 0 Å². The van der Waals surface area contributed by atoms with E-state index in [1.165, 1.54) is 12.1 Å². The molecule has 7 N–H and O–H groups in total. The summed E-state index contributed by atoms with van der Waals surface area (Å²) in [5.41, 5.74) is 12.6. The molecule has 1 amide bonds. The third kappa shape index (κ3) is 6.43. The van der Waals surface area contributed by atoms with Gasteiger partial charge in [0.05, 0.1) is 11.1 Å². The van der Waals surface area contributed by atoms with Gasteiger partial charge in [0.1, 0.15) is 0 Å². The first-order chi connectivity index (χ1) is 18.0. The lowest BCUT2D eigenvalue weighted by molar-refractivity contribution is 0.0697. The minimum atomic E-state index is -1.37. The Kier molecular flexibility index (Phi) is 9.34. The summed E-state index contributed by atoms with van der Waals surface area (Å²) in [7, 11) is 7.74. The first-order valence-corrected chi connectivity index (χ1v) is 12.1. The Morgan fingerprint density at radius 1 is 0.947 bits per heavy atom. The van der Waals surface area contributed by atoms with Crippen molar-refractivity contribution in [3.8, 4) is 0 Å². The predicted molar refractivity (Wildman–Crippen MR) is 147 cm³/mol. The summed E-state index contributed by atoms with van der Waals surface area (Å²) in [6.07, 6.45) is 1.50. The second-order valence-electron chi connectivity index (χ2n) is 9.45. The van der Waals surface area contributed by atoms with Crippen molar-refractivity contribution in [3.05, 3.63) is 55.6 Å². The molecule has 13 heteroatoms. The van der Waals surface area contributed by atoms with Crippen LogP contribution in [-0.2, 0) is 0 Å². The number of carboxylic acids is 1. The molecule has 0 spiro atoms. The normalized spacial score (nSPS) is 12.1. The fraction of sp³-hybridized carbons (Fsp3) is 0.400. The van der Waals surface area contributed by atoms with Crippen molar-refractivity contribution in [2.45, 2.75) is 12.8 Å². The first kappa shape index (κ1) is 28.5. The van der Waals surface area contributed by atoms with Gasteiger partial charge in [-0.05, 0) is 72.3 Å². The Morgan fingerprint density at radius 2 is 1.53 bits per heavy atom. The van der Waals surface area contributed by atoms with E-state index in [9.17, 15) is 24.3 Å². The topological polar surface area (TPSA) is 185 Å². The summed E-state index contributed by atoms with van der Waals surface area (Å²) in [4.78, 5) is 57.5. The van der Waals surface area contributed by atoms with Gasteiger partial charge >= 0.3 is 5.97 Å². The molecule has 0 saturated heterocycles. The van der Waals surface area contributed by atoms with Crippen LogP contribution in [0.2, 0.25) is 0 Å². The lowest BCUT2D eigenvalue weighted by Gasteiger charge is -2.16. The lowest BCUT2D eigenvalue weighted by Crippen LogP contribution is -2.39. The van der Waals surface area contributed by atoms with Crippen molar-refractivity contribution in [1.29, 1.82) is 0 Å². The number of carbonyl (C=O) groups excluding carboxylic acids is 1. The van der Waals surface area contributed by atoms with Gasteiger partial charge in [-0.1, -0.05) is 0 Å². The molecule has 38 heavy (non-hydrogen) atoms. The fourth-order valence-corrected chi connectivity index (χ4v) is 4.16. The van der Waals surface area contributed by atoms with E-state index in [-0.39, 0.29) is 44.1 Å². The van der Waals surface area contributed by atoms with Gasteiger partial charge in [0, 0.05) is 40.2 Å². The van der Waals surface area contributed by atoms with Gasteiger partial charge in [0.2, 0.25) is 0 Å². The van der Waals surface area contributed by atoms with Crippen molar-refractivity contribution in [1.82, 2.24) is 31.1 Å². The number of hydrazone groups is 1. The number of amides is 1. The Balaban J connectivity index is 2.17. The van der Waals surface area contributed by atoms with E-state index < -0.39 is 23.0 Å². The molecule has 2 aromatic carbocycles. The second-order valence-corrected chi connectivity index (χ2v) is 9.45. The highest BCUT2D eigenvalue weighted by atomic mass is 16.4. The number of hydrogen-bond donors (Lipinski definition) is 6. The summed E-state index contributed by atoms with van der Waals surface area (Å²) in [6, 6.07) is 3.99. The van der Waals surface area contributed by atoms with Crippen LogP contribution in [0.15, 0.2) is 32.9 Å². The molecule has 0 unspecified atom stereocenters. The van der Waals surface area contributed by atoms with Gasteiger partial charge in [-0.3, -0.25) is 24.8 Å². The van der Waals surface area contributed by atoms with Crippen LogP contribution >= 0.6 is 0 Å². The maximum Gasteiger partial charge on any atom is 0.336 e. The summed E-state index contributed by atoms with van der Waals surface area (Å²) < 4.78 is 0. The van der Waals surface area contributed by atoms with E-state index in [1.54, 1.807) is 0 Å². The van der Waals surface area contributed by atoms with Crippen molar-refractivity contribution < 1.29 is 14.7 Å². The standard InChI is InChI=1S/C25H34N8O5/c1-32(2)11-5-9-27-30-21(26)20-17(25(37)38)13-16(24(36)31-28-10-6-12-33(3)4)18-14-7-8-15(19(18)20)23(35)29-22(14)34/h7-8,13,27-28H,5-6,9-12H2,1-4H3,(H2,26,30)(H,31,36)(H,37,38)(H,29,34,35). The van der Waals surface area contributed by atoms with E-state index in [2.05, 4.69) is 26.4 Å². The third-order valence-corrected chi connectivity index (χ3v) is 5.93. The van der Waals surface area contributed by atoms with Gasteiger partial charge < -0.3 is 26.1 Å². The first-order valence-electron chi connectivity index (χ1n) is 12.1. The smallest absolute Gasteiger partial charge is 0.336 e. The van der Waals surface area contributed by atoms with E-state index in [1.807, 2.05) is 38.0 Å². The Labute approximate surface area is 219 Å². The van der Waals surface area contributed by atoms with E-state index in [0.29, 0.717) is 13.1 Å². The molecule has 2 aromatic heterocycles. The molecule has 0 atom stereocenters. The number of H-pyrrole nitrogens is 1. The number of amidine groups is 1. The number of nitrogens with two attached hydrogens (primary N) is 1. The highest BCUT2D eigenvalue weighted by Gasteiger charge is 2.26. The fourth-order valence-electron chi connectivity index (χ4n) is 4.16. The van der Waals surface area contributed by atoms with Crippen molar-refractivity contribution >= 4 is 39.3 Å². The molecule has 0 fully saturated rings. The van der Waals surface area contributed by atoms with Crippen LogP contribution in [-0.4, -0.2) is 92.0 Å². The summed E-state index contributed by atoms with van der Waals surface area (Å²) >= 11 is 0. The molecule has 0 aliphatic carbocycles. The third-order valence-electron chi connectivity index (χ3n) is 5.93. The predicted octanol–water partition coefficient (Wildman–Crippen LogP) is -0.475. The molecule has 2 bridgehead atoms. The number of hydrazine groups is 1. The Hall–Kier alpha value is -4.07. The molecule has 0 saturated carbocycles. The molecule has 0 aliphatic heterocycles. The number of aromatic carboxylic acids is 1. The van der Waals surface area contributed by atoms with Crippen LogP contribution in [0, 0.1) is 0 Å². The monoisotopic (exact) mass is 526 g/mol. The molecule has 13 nitrogen and oxygen atoms in total. The number of carboxylic acid groups (broad SMARTS) is 1. The van der Waals surface area contributed by atoms with Crippen LogP contribution in [0.5, 0.6) is 0 Å². The lowest BCUT2D eigenvalue weighted by atomic mass is 9.90. The van der Waals surface area contributed by atoms with E-state index >= 15 is 0 Å². The van der Waals surface area contributed by atoms with Crippen LogP contribution in [0.25, 0.3) is 21.5 Å². The van der Waals surface area contributed by atoms with Crippen LogP contribution in [0.4, 0.5) is 0 Å². The molecule has 0 radical (unpaired) electrons. The van der Waals surface area contributed by atoms with E-state index in [4.69, 9.17) is 5.73 Å². The van der Waals surface area contributed by atoms with Crippen molar-refractivity contribution in [3.63, 3.8) is 0 Å². The number of carbonyl (C=O) groups is 2. The zero-order valence-corrected chi connectivity index (χ0v) is 22.0.